The molecule has 0 bridgehead atoms. The molecule has 0 spiro atoms. The summed E-state index contributed by atoms with van der Waals surface area (Å²) in [6, 6.07) is 14.3. The number of carbonyl (C=O) groups excluding carboxylic acids is 1. The summed E-state index contributed by atoms with van der Waals surface area (Å²) < 4.78 is 0. The van der Waals surface area contributed by atoms with Gasteiger partial charge in [-0.2, -0.15) is 0 Å². The summed E-state index contributed by atoms with van der Waals surface area (Å²) in [4.78, 5) is 19.2. The minimum absolute atomic E-state index is 0.242. The maximum atomic E-state index is 12.2. The first kappa shape index (κ1) is 19.3. The third kappa shape index (κ3) is 4.18. The van der Waals surface area contributed by atoms with E-state index in [1.165, 1.54) is 16.8 Å². The van der Waals surface area contributed by atoms with Crippen LogP contribution in [0.5, 0.6) is 0 Å². The van der Waals surface area contributed by atoms with Gasteiger partial charge in [0.15, 0.2) is 0 Å². The second-order valence-corrected chi connectivity index (χ2v) is 8.25. The van der Waals surface area contributed by atoms with E-state index in [0.717, 1.165) is 62.8 Å². The molecule has 2 aliphatic rings. The molecule has 28 heavy (non-hydrogen) atoms. The maximum absolute atomic E-state index is 12.2. The average molecular weight is 398 g/mol. The highest BCUT2D eigenvalue weighted by atomic mass is 35.5. The SMILES string of the molecule is Cc1ccc(Cl)cc1N1CCN(CCCCN2C(=O)Cc3ccccc32)CC1. The van der Waals surface area contributed by atoms with Crippen molar-refractivity contribution in [2.75, 3.05) is 49.1 Å². The lowest BCUT2D eigenvalue weighted by Gasteiger charge is -2.37. The summed E-state index contributed by atoms with van der Waals surface area (Å²) in [7, 11) is 0. The van der Waals surface area contributed by atoms with Gasteiger partial charge in [-0.25, -0.2) is 0 Å². The molecule has 148 valence electrons. The molecule has 0 saturated carbocycles. The van der Waals surface area contributed by atoms with Gasteiger partial charge in [0.2, 0.25) is 5.91 Å². The topological polar surface area (TPSA) is 26.8 Å². The fourth-order valence-electron chi connectivity index (χ4n) is 4.30. The summed E-state index contributed by atoms with van der Waals surface area (Å²) in [6.07, 6.45) is 2.73. The number of para-hydroxylation sites is 1. The Morgan fingerprint density at radius 3 is 2.50 bits per heavy atom. The van der Waals surface area contributed by atoms with E-state index >= 15 is 0 Å². The number of piperazine rings is 1. The summed E-state index contributed by atoms with van der Waals surface area (Å²) in [5, 5.41) is 0.807. The first-order valence-electron chi connectivity index (χ1n) is 10.2. The lowest BCUT2D eigenvalue weighted by atomic mass is 10.1. The molecule has 1 saturated heterocycles. The van der Waals surface area contributed by atoms with Crippen molar-refractivity contribution in [3.63, 3.8) is 0 Å². The first-order chi connectivity index (χ1) is 13.6. The monoisotopic (exact) mass is 397 g/mol. The van der Waals surface area contributed by atoms with E-state index < -0.39 is 0 Å². The number of unbranched alkanes of at least 4 members (excludes halogenated alkanes) is 1. The van der Waals surface area contributed by atoms with Gasteiger partial charge in [-0.1, -0.05) is 35.9 Å². The van der Waals surface area contributed by atoms with Crippen LogP contribution in [-0.2, 0) is 11.2 Å². The minimum Gasteiger partial charge on any atom is -0.369 e. The standard InChI is InChI=1S/C23H28ClN3O/c1-18-8-9-20(24)17-22(18)26-14-12-25(13-15-26)10-4-5-11-27-21-7-3-2-6-19(21)16-23(27)28/h2-3,6-9,17H,4-5,10-16H2,1H3. The molecular formula is C23H28ClN3O. The van der Waals surface area contributed by atoms with Crippen molar-refractivity contribution < 1.29 is 4.79 Å². The highest BCUT2D eigenvalue weighted by molar-refractivity contribution is 6.30. The number of rotatable bonds is 6. The van der Waals surface area contributed by atoms with E-state index in [1.54, 1.807) is 0 Å². The number of carbonyl (C=O) groups is 1. The van der Waals surface area contributed by atoms with Crippen LogP contribution in [0.3, 0.4) is 0 Å². The maximum Gasteiger partial charge on any atom is 0.231 e. The molecule has 5 heteroatoms. The summed E-state index contributed by atoms with van der Waals surface area (Å²) in [5.41, 5.74) is 4.82. The third-order valence-electron chi connectivity index (χ3n) is 5.92. The van der Waals surface area contributed by atoms with Crippen LogP contribution in [0, 0.1) is 6.92 Å². The van der Waals surface area contributed by atoms with E-state index in [9.17, 15) is 4.79 Å². The molecule has 1 fully saturated rings. The lowest BCUT2D eigenvalue weighted by Crippen LogP contribution is -2.47. The fraction of sp³-hybridized carbons (Fsp3) is 0.435. The number of benzene rings is 2. The second kappa shape index (κ2) is 8.54. The Hall–Kier alpha value is -2.04. The van der Waals surface area contributed by atoms with Crippen LogP contribution in [0.1, 0.15) is 24.0 Å². The van der Waals surface area contributed by atoms with Crippen molar-refractivity contribution in [3.05, 3.63) is 58.6 Å². The first-order valence-corrected chi connectivity index (χ1v) is 10.6. The van der Waals surface area contributed by atoms with E-state index in [-0.39, 0.29) is 5.91 Å². The minimum atomic E-state index is 0.242. The molecule has 2 aliphatic heterocycles. The Kier molecular flexibility index (Phi) is 5.88. The van der Waals surface area contributed by atoms with Gasteiger partial charge < -0.3 is 9.80 Å². The molecule has 0 aliphatic carbocycles. The Labute approximate surface area is 172 Å². The number of hydrogen-bond donors (Lipinski definition) is 0. The molecule has 2 aromatic rings. The van der Waals surface area contributed by atoms with Gasteiger partial charge in [0.25, 0.3) is 0 Å². The van der Waals surface area contributed by atoms with Crippen LogP contribution in [-0.4, -0.2) is 50.1 Å². The van der Waals surface area contributed by atoms with Crippen molar-refractivity contribution in [1.82, 2.24) is 4.90 Å². The number of fused-ring (bicyclic) bond motifs is 1. The zero-order valence-corrected chi connectivity index (χ0v) is 17.3. The Balaban J connectivity index is 1.21. The van der Waals surface area contributed by atoms with E-state index in [2.05, 4.69) is 41.0 Å². The molecule has 0 unspecified atom stereocenters. The van der Waals surface area contributed by atoms with Gasteiger partial charge in [0.05, 0.1) is 6.42 Å². The second-order valence-electron chi connectivity index (χ2n) is 7.82. The summed E-state index contributed by atoms with van der Waals surface area (Å²) >= 11 is 6.18. The summed E-state index contributed by atoms with van der Waals surface area (Å²) in [5.74, 6) is 0.242. The van der Waals surface area contributed by atoms with Crippen LogP contribution >= 0.6 is 11.6 Å². The number of aryl methyl sites for hydroxylation is 1. The van der Waals surface area contributed by atoms with Crippen LogP contribution in [0.4, 0.5) is 11.4 Å². The van der Waals surface area contributed by atoms with Crippen molar-refractivity contribution >= 4 is 28.9 Å². The predicted octanol–water partition coefficient (Wildman–Crippen LogP) is 4.14. The normalized spacial score (nSPS) is 17.3. The number of amides is 1. The van der Waals surface area contributed by atoms with Crippen LogP contribution in [0.25, 0.3) is 0 Å². The number of halogens is 1. The number of hydrogen-bond acceptors (Lipinski definition) is 3. The number of nitrogens with zero attached hydrogens (tertiary/aromatic N) is 3. The zero-order valence-electron chi connectivity index (χ0n) is 16.5. The van der Waals surface area contributed by atoms with Gasteiger partial charge in [-0.15, -0.1) is 0 Å². The molecular weight excluding hydrogens is 370 g/mol. The molecule has 1 amide bonds. The Bertz CT molecular complexity index is 845. The van der Waals surface area contributed by atoms with Crippen molar-refractivity contribution in [3.8, 4) is 0 Å². The van der Waals surface area contributed by atoms with Gasteiger partial charge >= 0.3 is 0 Å². The molecule has 0 radical (unpaired) electrons. The van der Waals surface area contributed by atoms with Crippen molar-refractivity contribution in [1.29, 1.82) is 0 Å². The number of anilines is 2. The molecule has 0 atom stereocenters. The Morgan fingerprint density at radius 2 is 1.68 bits per heavy atom. The molecule has 2 heterocycles. The molecule has 0 N–H and O–H groups in total. The van der Waals surface area contributed by atoms with Gasteiger partial charge in [0, 0.05) is 49.1 Å². The van der Waals surface area contributed by atoms with E-state index in [1.807, 2.05) is 23.1 Å². The van der Waals surface area contributed by atoms with Gasteiger partial charge in [-0.05, 0) is 55.6 Å². The Morgan fingerprint density at radius 1 is 0.929 bits per heavy atom. The third-order valence-corrected chi connectivity index (χ3v) is 6.15. The van der Waals surface area contributed by atoms with E-state index in [4.69, 9.17) is 11.6 Å². The molecule has 4 rings (SSSR count). The molecule has 4 nitrogen and oxygen atoms in total. The quantitative estimate of drug-likeness (QED) is 0.685. The highest BCUT2D eigenvalue weighted by Gasteiger charge is 2.26. The molecule has 2 aromatic carbocycles. The van der Waals surface area contributed by atoms with Crippen molar-refractivity contribution in [2.24, 2.45) is 0 Å². The van der Waals surface area contributed by atoms with Gasteiger partial charge in [-0.3, -0.25) is 9.69 Å². The highest BCUT2D eigenvalue weighted by Crippen LogP contribution is 2.29. The summed E-state index contributed by atoms with van der Waals surface area (Å²) in [6.45, 7) is 8.33. The fourth-order valence-corrected chi connectivity index (χ4v) is 4.47. The van der Waals surface area contributed by atoms with Crippen LogP contribution in [0.2, 0.25) is 5.02 Å². The lowest BCUT2D eigenvalue weighted by molar-refractivity contribution is -0.117. The van der Waals surface area contributed by atoms with Gasteiger partial charge in [0.1, 0.15) is 0 Å². The average Bonchev–Trinajstić information content (AvgIpc) is 3.03. The predicted molar refractivity (Wildman–Crippen MR) is 117 cm³/mol. The van der Waals surface area contributed by atoms with Crippen LogP contribution < -0.4 is 9.80 Å². The van der Waals surface area contributed by atoms with Crippen LogP contribution in [0.15, 0.2) is 42.5 Å². The molecule has 0 aromatic heterocycles. The largest absolute Gasteiger partial charge is 0.369 e. The van der Waals surface area contributed by atoms with E-state index in [0.29, 0.717) is 6.42 Å². The van der Waals surface area contributed by atoms with Crippen molar-refractivity contribution in [2.45, 2.75) is 26.2 Å². The smallest absolute Gasteiger partial charge is 0.231 e. The zero-order chi connectivity index (χ0) is 19.5.